The first kappa shape index (κ1) is 13.1. The van der Waals surface area contributed by atoms with Gasteiger partial charge in [0.2, 0.25) is 0 Å². The molecule has 2 rings (SSSR count). The molecule has 96 valence electrons. The average Bonchev–Trinajstić information content (AvgIpc) is 2.84. The highest BCUT2D eigenvalue weighted by Gasteiger charge is 2.10. The molecule has 0 aliphatic heterocycles. The van der Waals surface area contributed by atoms with Crippen LogP contribution in [0, 0.1) is 6.92 Å². The average molecular weight is 262 g/mol. The Kier molecular flexibility index (Phi) is 4.33. The van der Waals surface area contributed by atoms with Crippen LogP contribution >= 0.6 is 11.3 Å². The summed E-state index contributed by atoms with van der Waals surface area (Å²) in [5.41, 5.74) is 2.26. The van der Waals surface area contributed by atoms with E-state index in [-0.39, 0.29) is 0 Å². The van der Waals surface area contributed by atoms with E-state index in [9.17, 15) is 0 Å². The Morgan fingerprint density at radius 2 is 2.22 bits per heavy atom. The van der Waals surface area contributed by atoms with Crippen LogP contribution < -0.4 is 10.1 Å². The number of hydrogen-bond acceptors (Lipinski definition) is 4. The van der Waals surface area contributed by atoms with E-state index >= 15 is 0 Å². The van der Waals surface area contributed by atoms with Crippen LogP contribution in [-0.2, 0) is 6.54 Å². The molecule has 18 heavy (non-hydrogen) atoms. The quantitative estimate of drug-likeness (QED) is 0.898. The summed E-state index contributed by atoms with van der Waals surface area (Å²) in [4.78, 5) is 5.72. The fourth-order valence-electron chi connectivity index (χ4n) is 1.74. The zero-order valence-corrected chi connectivity index (χ0v) is 11.8. The summed E-state index contributed by atoms with van der Waals surface area (Å²) in [7, 11) is 1.70. The Morgan fingerprint density at radius 1 is 1.39 bits per heavy atom. The molecule has 0 saturated heterocycles. The number of thiazole rings is 1. The zero-order chi connectivity index (χ0) is 13.0. The van der Waals surface area contributed by atoms with Gasteiger partial charge in [0.15, 0.2) is 0 Å². The van der Waals surface area contributed by atoms with E-state index in [0.717, 1.165) is 29.4 Å². The second-order valence-corrected chi connectivity index (χ2v) is 5.23. The molecule has 0 radical (unpaired) electrons. The molecule has 1 heterocycles. The van der Waals surface area contributed by atoms with Crippen molar-refractivity contribution in [2.75, 3.05) is 13.7 Å². The lowest BCUT2D eigenvalue weighted by Crippen LogP contribution is -2.10. The lowest BCUT2D eigenvalue weighted by Gasteiger charge is -2.06. The number of nitrogens with zero attached hydrogens (tertiary/aromatic N) is 1. The van der Waals surface area contributed by atoms with Crippen LogP contribution in [0.3, 0.4) is 0 Å². The van der Waals surface area contributed by atoms with Crippen LogP contribution in [0.1, 0.15) is 17.4 Å². The molecule has 0 fully saturated rings. The number of benzene rings is 1. The fourth-order valence-corrected chi connectivity index (χ4v) is 2.65. The highest BCUT2D eigenvalue weighted by molar-refractivity contribution is 7.15. The monoisotopic (exact) mass is 262 g/mol. The molecule has 0 spiro atoms. The van der Waals surface area contributed by atoms with Crippen molar-refractivity contribution in [2.24, 2.45) is 0 Å². The first-order chi connectivity index (χ1) is 8.74. The van der Waals surface area contributed by atoms with E-state index in [0.29, 0.717) is 0 Å². The van der Waals surface area contributed by atoms with Gasteiger partial charge in [-0.3, -0.25) is 0 Å². The maximum atomic E-state index is 5.42. The lowest BCUT2D eigenvalue weighted by molar-refractivity contribution is 0.416. The molecule has 0 amide bonds. The third-order valence-electron chi connectivity index (χ3n) is 2.69. The maximum absolute atomic E-state index is 5.42. The van der Waals surface area contributed by atoms with Crippen LogP contribution in [0.5, 0.6) is 5.75 Å². The molecule has 4 heteroatoms. The normalized spacial score (nSPS) is 10.6. The fraction of sp³-hybridized carbons (Fsp3) is 0.357. The van der Waals surface area contributed by atoms with Gasteiger partial charge in [-0.1, -0.05) is 13.0 Å². The molecule has 0 atom stereocenters. The number of methoxy groups -OCH3 is 1. The highest BCUT2D eigenvalue weighted by atomic mass is 32.1. The Hall–Kier alpha value is -1.39. The van der Waals surface area contributed by atoms with E-state index in [1.165, 1.54) is 10.4 Å². The third-order valence-corrected chi connectivity index (χ3v) is 3.72. The number of nitrogens with one attached hydrogen (secondary N) is 1. The SMILES string of the molecule is CCNCc1cnc(-c2ccc(C)cc2OC)s1. The molecule has 0 saturated carbocycles. The van der Waals surface area contributed by atoms with Gasteiger partial charge < -0.3 is 10.1 Å². The van der Waals surface area contributed by atoms with Gasteiger partial charge in [0, 0.05) is 17.6 Å². The summed E-state index contributed by atoms with van der Waals surface area (Å²) in [6.45, 7) is 6.01. The summed E-state index contributed by atoms with van der Waals surface area (Å²) in [5, 5.41) is 4.32. The van der Waals surface area contributed by atoms with Crippen molar-refractivity contribution in [2.45, 2.75) is 20.4 Å². The number of hydrogen-bond donors (Lipinski definition) is 1. The second kappa shape index (κ2) is 5.98. The molecule has 0 bridgehead atoms. The standard InChI is InChI=1S/C14H18N2OS/c1-4-15-8-11-9-16-14(18-11)12-6-5-10(2)7-13(12)17-3/h5-7,9,15H,4,8H2,1-3H3. The minimum atomic E-state index is 0.877. The number of rotatable bonds is 5. The van der Waals surface area contributed by atoms with Crippen molar-refractivity contribution in [3.63, 3.8) is 0 Å². The number of aromatic nitrogens is 1. The van der Waals surface area contributed by atoms with Crippen molar-refractivity contribution in [3.05, 3.63) is 34.8 Å². The van der Waals surface area contributed by atoms with Gasteiger partial charge in [-0.15, -0.1) is 11.3 Å². The minimum absolute atomic E-state index is 0.877. The van der Waals surface area contributed by atoms with Crippen molar-refractivity contribution in [1.82, 2.24) is 10.3 Å². The molecule has 1 aromatic carbocycles. The van der Waals surface area contributed by atoms with Gasteiger partial charge in [-0.25, -0.2) is 4.98 Å². The van der Waals surface area contributed by atoms with Gasteiger partial charge in [-0.2, -0.15) is 0 Å². The second-order valence-electron chi connectivity index (χ2n) is 4.12. The Balaban J connectivity index is 2.28. The molecule has 3 nitrogen and oxygen atoms in total. The first-order valence-electron chi connectivity index (χ1n) is 6.05. The predicted octanol–water partition coefficient (Wildman–Crippen LogP) is 3.24. The van der Waals surface area contributed by atoms with Crippen LogP contribution in [0.2, 0.25) is 0 Å². The van der Waals surface area contributed by atoms with Gasteiger partial charge in [0.1, 0.15) is 10.8 Å². The lowest BCUT2D eigenvalue weighted by atomic mass is 10.1. The highest BCUT2D eigenvalue weighted by Crippen LogP contribution is 2.33. The topological polar surface area (TPSA) is 34.2 Å². The van der Waals surface area contributed by atoms with Gasteiger partial charge in [0.05, 0.1) is 12.7 Å². The largest absolute Gasteiger partial charge is 0.496 e. The van der Waals surface area contributed by atoms with Gasteiger partial charge in [0.25, 0.3) is 0 Å². The first-order valence-corrected chi connectivity index (χ1v) is 6.86. The smallest absolute Gasteiger partial charge is 0.129 e. The van der Waals surface area contributed by atoms with E-state index in [1.54, 1.807) is 18.4 Å². The van der Waals surface area contributed by atoms with Crippen LogP contribution in [-0.4, -0.2) is 18.6 Å². The van der Waals surface area contributed by atoms with E-state index < -0.39 is 0 Å². The van der Waals surface area contributed by atoms with Crippen molar-refractivity contribution in [1.29, 1.82) is 0 Å². The molecular weight excluding hydrogens is 244 g/mol. The summed E-state index contributed by atoms with van der Waals surface area (Å²) >= 11 is 1.71. The van der Waals surface area contributed by atoms with Crippen molar-refractivity contribution in [3.8, 4) is 16.3 Å². The van der Waals surface area contributed by atoms with E-state index in [1.807, 2.05) is 12.3 Å². The molecule has 0 aliphatic carbocycles. The zero-order valence-electron chi connectivity index (χ0n) is 11.0. The predicted molar refractivity (Wildman–Crippen MR) is 76.2 cm³/mol. The molecular formula is C14H18N2OS. The minimum Gasteiger partial charge on any atom is -0.496 e. The molecule has 0 unspecified atom stereocenters. The summed E-state index contributed by atoms with van der Waals surface area (Å²) < 4.78 is 5.42. The maximum Gasteiger partial charge on any atom is 0.129 e. The number of ether oxygens (including phenoxy) is 1. The number of aryl methyl sites for hydroxylation is 1. The molecule has 2 aromatic rings. The molecule has 0 aliphatic rings. The van der Waals surface area contributed by atoms with Gasteiger partial charge in [-0.05, 0) is 31.2 Å². The summed E-state index contributed by atoms with van der Waals surface area (Å²) in [6.07, 6.45) is 1.93. The van der Waals surface area contributed by atoms with E-state index in [2.05, 4.69) is 36.3 Å². The van der Waals surface area contributed by atoms with Crippen molar-refractivity contribution < 1.29 is 4.74 Å². The third kappa shape index (κ3) is 2.89. The van der Waals surface area contributed by atoms with Crippen LogP contribution in [0.4, 0.5) is 0 Å². The Labute approximate surface area is 112 Å². The van der Waals surface area contributed by atoms with E-state index in [4.69, 9.17) is 4.74 Å². The van der Waals surface area contributed by atoms with Crippen LogP contribution in [0.25, 0.3) is 10.6 Å². The summed E-state index contributed by atoms with van der Waals surface area (Å²) in [5.74, 6) is 0.888. The Bertz CT molecular complexity index is 522. The Morgan fingerprint density at radius 3 is 2.94 bits per heavy atom. The molecule has 1 aromatic heterocycles. The van der Waals surface area contributed by atoms with Gasteiger partial charge >= 0.3 is 0 Å². The summed E-state index contributed by atoms with van der Waals surface area (Å²) in [6, 6.07) is 6.20. The molecule has 1 N–H and O–H groups in total. The van der Waals surface area contributed by atoms with Crippen molar-refractivity contribution >= 4 is 11.3 Å². The van der Waals surface area contributed by atoms with Crippen LogP contribution in [0.15, 0.2) is 24.4 Å².